The van der Waals surface area contributed by atoms with Crippen molar-refractivity contribution in [2.75, 3.05) is 23.0 Å². The molecule has 0 saturated heterocycles. The van der Waals surface area contributed by atoms with Crippen LogP contribution in [0.15, 0.2) is 15.7 Å². The zero-order valence-corrected chi connectivity index (χ0v) is 18.4. The van der Waals surface area contributed by atoms with Gasteiger partial charge in [0.15, 0.2) is 0 Å². The molecule has 0 saturated carbocycles. The highest BCUT2D eigenvalue weighted by Gasteiger charge is 2.15. The molecule has 0 aliphatic heterocycles. The first-order chi connectivity index (χ1) is 12.9. The Hall–Kier alpha value is -0.700. The lowest BCUT2D eigenvalue weighted by Crippen LogP contribution is -2.44. The molecule has 0 radical (unpaired) electrons. The molecule has 2 unspecified atom stereocenters. The molecule has 0 bridgehead atoms. The summed E-state index contributed by atoms with van der Waals surface area (Å²) >= 11 is 3.30. The molecule has 8 heteroatoms. The SMILES string of the molecule is CCCCSCC(O)Cn1c(C)cc(=O)n(CC(O)CSCCCC)c1=O. The third-order valence-electron chi connectivity index (χ3n) is 4.18. The molecule has 0 fully saturated rings. The maximum atomic E-state index is 12.7. The Balaban J connectivity index is 2.76. The molecule has 0 aromatic carbocycles. The lowest BCUT2D eigenvalue weighted by molar-refractivity contribution is 0.164. The van der Waals surface area contributed by atoms with Gasteiger partial charge in [0.1, 0.15) is 0 Å². The lowest BCUT2D eigenvalue weighted by atomic mass is 10.3. The smallest absolute Gasteiger partial charge is 0.331 e. The normalized spacial score (nSPS) is 13.7. The Morgan fingerprint density at radius 1 is 0.926 bits per heavy atom. The fraction of sp³-hybridized carbons (Fsp3) is 0.789. The van der Waals surface area contributed by atoms with E-state index in [1.165, 1.54) is 10.6 Å². The molecule has 1 rings (SSSR count). The second-order valence-corrected chi connectivity index (χ2v) is 9.09. The number of unbranched alkanes of at least 4 members (excludes halogenated alkanes) is 2. The average molecular weight is 419 g/mol. The van der Waals surface area contributed by atoms with Gasteiger partial charge in [0.25, 0.3) is 5.56 Å². The molecule has 156 valence electrons. The molecular weight excluding hydrogens is 384 g/mol. The first-order valence-corrected chi connectivity index (χ1v) is 12.0. The topological polar surface area (TPSA) is 84.5 Å². The summed E-state index contributed by atoms with van der Waals surface area (Å²) in [6, 6.07) is 1.40. The van der Waals surface area contributed by atoms with Crippen molar-refractivity contribution in [3.05, 3.63) is 32.6 Å². The molecule has 0 amide bonds. The van der Waals surface area contributed by atoms with E-state index in [4.69, 9.17) is 0 Å². The number of hydrogen-bond acceptors (Lipinski definition) is 6. The summed E-state index contributed by atoms with van der Waals surface area (Å²) in [6.45, 7) is 6.08. The predicted molar refractivity (Wildman–Crippen MR) is 116 cm³/mol. The third kappa shape index (κ3) is 8.89. The van der Waals surface area contributed by atoms with Crippen LogP contribution >= 0.6 is 23.5 Å². The van der Waals surface area contributed by atoms with E-state index >= 15 is 0 Å². The number of aliphatic hydroxyl groups is 2. The largest absolute Gasteiger partial charge is 0.390 e. The van der Waals surface area contributed by atoms with Crippen LogP contribution in [0.5, 0.6) is 0 Å². The average Bonchev–Trinajstić information content (AvgIpc) is 2.63. The number of thioether (sulfide) groups is 2. The van der Waals surface area contributed by atoms with Crippen LogP contribution in [-0.2, 0) is 13.1 Å². The van der Waals surface area contributed by atoms with Gasteiger partial charge in [-0.25, -0.2) is 4.79 Å². The minimum absolute atomic E-state index is 0.0155. The van der Waals surface area contributed by atoms with E-state index in [0.717, 1.165) is 41.8 Å². The number of rotatable bonds is 14. The maximum absolute atomic E-state index is 12.7. The molecule has 0 aliphatic carbocycles. The minimum Gasteiger partial charge on any atom is -0.390 e. The van der Waals surface area contributed by atoms with Crippen molar-refractivity contribution in [2.45, 2.75) is 71.8 Å². The zero-order chi connectivity index (χ0) is 20.2. The van der Waals surface area contributed by atoms with Gasteiger partial charge in [0.2, 0.25) is 0 Å². The van der Waals surface area contributed by atoms with Gasteiger partial charge in [-0.1, -0.05) is 26.7 Å². The maximum Gasteiger partial charge on any atom is 0.331 e. The molecule has 2 N–H and O–H groups in total. The van der Waals surface area contributed by atoms with Crippen LogP contribution in [0.25, 0.3) is 0 Å². The van der Waals surface area contributed by atoms with Crippen LogP contribution in [0.4, 0.5) is 0 Å². The monoisotopic (exact) mass is 418 g/mol. The molecule has 2 atom stereocenters. The van der Waals surface area contributed by atoms with Crippen molar-refractivity contribution in [2.24, 2.45) is 0 Å². The van der Waals surface area contributed by atoms with E-state index in [9.17, 15) is 19.8 Å². The van der Waals surface area contributed by atoms with E-state index in [0.29, 0.717) is 17.2 Å². The van der Waals surface area contributed by atoms with Crippen LogP contribution in [0.1, 0.15) is 45.2 Å². The third-order valence-corrected chi connectivity index (χ3v) is 6.57. The number of aryl methyl sites for hydroxylation is 1. The summed E-state index contributed by atoms with van der Waals surface area (Å²) in [6.07, 6.45) is 3.01. The second kappa shape index (κ2) is 13.5. The van der Waals surface area contributed by atoms with Gasteiger partial charge in [-0.2, -0.15) is 23.5 Å². The molecule has 0 aliphatic rings. The van der Waals surface area contributed by atoms with Crippen LogP contribution in [0, 0.1) is 6.92 Å². The van der Waals surface area contributed by atoms with Crippen molar-refractivity contribution >= 4 is 23.5 Å². The number of aromatic nitrogens is 2. The van der Waals surface area contributed by atoms with E-state index in [-0.39, 0.29) is 13.1 Å². The van der Waals surface area contributed by atoms with E-state index < -0.39 is 23.5 Å². The second-order valence-electron chi connectivity index (χ2n) is 6.79. The summed E-state index contributed by atoms with van der Waals surface area (Å²) in [5, 5.41) is 20.4. The summed E-state index contributed by atoms with van der Waals surface area (Å²) in [5.74, 6) is 3.00. The van der Waals surface area contributed by atoms with Crippen molar-refractivity contribution in [3.63, 3.8) is 0 Å². The van der Waals surface area contributed by atoms with Crippen molar-refractivity contribution < 1.29 is 10.2 Å². The standard InChI is InChI=1S/C19H34N2O4S2/c1-4-6-8-26-13-16(22)11-20-15(3)10-18(24)21(19(20)25)12-17(23)14-27-9-7-5-2/h10,16-17,22-23H,4-9,11-14H2,1-3H3. The number of nitrogens with zero attached hydrogens (tertiary/aromatic N) is 2. The summed E-state index contributed by atoms with van der Waals surface area (Å²) in [5.41, 5.74) is -0.334. The van der Waals surface area contributed by atoms with Crippen molar-refractivity contribution in [1.29, 1.82) is 0 Å². The van der Waals surface area contributed by atoms with Gasteiger partial charge in [-0.15, -0.1) is 0 Å². The van der Waals surface area contributed by atoms with Gasteiger partial charge < -0.3 is 10.2 Å². The highest BCUT2D eigenvalue weighted by molar-refractivity contribution is 7.99. The molecule has 1 aromatic heterocycles. The van der Waals surface area contributed by atoms with E-state index in [1.807, 2.05) is 0 Å². The zero-order valence-electron chi connectivity index (χ0n) is 16.7. The quantitative estimate of drug-likeness (QED) is 0.450. The lowest BCUT2D eigenvalue weighted by Gasteiger charge is -2.18. The predicted octanol–water partition coefficient (Wildman–Crippen LogP) is 2.11. The van der Waals surface area contributed by atoms with E-state index in [1.54, 1.807) is 30.4 Å². The van der Waals surface area contributed by atoms with Crippen LogP contribution < -0.4 is 11.2 Å². The van der Waals surface area contributed by atoms with Gasteiger partial charge in [-0.3, -0.25) is 13.9 Å². The highest BCUT2D eigenvalue weighted by atomic mass is 32.2. The van der Waals surface area contributed by atoms with Gasteiger partial charge in [0, 0.05) is 23.3 Å². The summed E-state index contributed by atoms with van der Waals surface area (Å²) in [7, 11) is 0. The molecule has 6 nitrogen and oxygen atoms in total. The molecule has 1 heterocycles. The Kier molecular flexibility index (Phi) is 12.1. The molecule has 0 spiro atoms. The summed E-state index contributed by atoms with van der Waals surface area (Å²) < 4.78 is 2.51. The first-order valence-electron chi connectivity index (χ1n) is 9.73. The Morgan fingerprint density at radius 2 is 1.41 bits per heavy atom. The van der Waals surface area contributed by atoms with Crippen molar-refractivity contribution in [1.82, 2.24) is 9.13 Å². The van der Waals surface area contributed by atoms with Gasteiger partial charge in [0.05, 0.1) is 25.3 Å². The molecule has 1 aromatic rings. The number of hydrogen-bond donors (Lipinski definition) is 2. The Bertz CT molecular complexity index is 660. The van der Waals surface area contributed by atoms with Crippen molar-refractivity contribution in [3.8, 4) is 0 Å². The molecule has 27 heavy (non-hydrogen) atoms. The highest BCUT2D eigenvalue weighted by Crippen LogP contribution is 2.09. The minimum atomic E-state index is -0.747. The van der Waals surface area contributed by atoms with Crippen LogP contribution in [0.2, 0.25) is 0 Å². The van der Waals surface area contributed by atoms with Crippen LogP contribution in [-0.4, -0.2) is 54.6 Å². The Labute approximate surface area is 170 Å². The van der Waals surface area contributed by atoms with E-state index in [2.05, 4.69) is 13.8 Å². The first kappa shape index (κ1) is 24.3. The number of aliphatic hydroxyl groups excluding tert-OH is 2. The fourth-order valence-electron chi connectivity index (χ4n) is 2.57. The molecular formula is C19H34N2O4S2. The van der Waals surface area contributed by atoms with Gasteiger partial charge in [-0.05, 0) is 31.3 Å². The van der Waals surface area contributed by atoms with Gasteiger partial charge >= 0.3 is 5.69 Å². The van der Waals surface area contributed by atoms with Crippen LogP contribution in [0.3, 0.4) is 0 Å². The summed E-state index contributed by atoms with van der Waals surface area (Å²) in [4.78, 5) is 24.9. The Morgan fingerprint density at radius 3 is 1.89 bits per heavy atom. The fourth-order valence-corrected chi connectivity index (χ4v) is 4.65.